The third-order valence-corrected chi connectivity index (χ3v) is 3.94. The van der Waals surface area contributed by atoms with Gasteiger partial charge in [-0.1, -0.05) is 48.5 Å². The highest BCUT2D eigenvalue weighted by Crippen LogP contribution is 2.49. The molecule has 2 aromatic rings. The minimum atomic E-state index is -3.55. The van der Waals surface area contributed by atoms with E-state index < -0.39 is 7.82 Å². The summed E-state index contributed by atoms with van der Waals surface area (Å²) in [4.78, 5) is 0. The van der Waals surface area contributed by atoms with Crippen molar-refractivity contribution in [1.82, 2.24) is 0 Å². The van der Waals surface area contributed by atoms with Crippen LogP contribution in [0.3, 0.4) is 0 Å². The summed E-state index contributed by atoms with van der Waals surface area (Å²) in [5.74, 6) is 0.459. The van der Waals surface area contributed by atoms with Gasteiger partial charge in [-0.15, -0.1) is 0 Å². The van der Waals surface area contributed by atoms with Gasteiger partial charge in [0.2, 0.25) is 0 Å². The molecule has 0 heterocycles. The predicted molar refractivity (Wildman–Crippen MR) is 74.1 cm³/mol. The second kappa shape index (κ2) is 6.02. The van der Waals surface area contributed by atoms with Gasteiger partial charge in [-0.3, -0.25) is 9.05 Å². The average molecular weight is 278 g/mol. The Labute approximate surface area is 112 Å². The second-order valence-corrected chi connectivity index (χ2v) is 5.57. The van der Waals surface area contributed by atoms with Crippen molar-refractivity contribution in [3.05, 3.63) is 54.6 Å². The lowest BCUT2D eigenvalue weighted by Gasteiger charge is -2.16. The Balaban J connectivity index is 2.40. The molecule has 19 heavy (non-hydrogen) atoms. The van der Waals surface area contributed by atoms with Crippen molar-refractivity contribution in [3.63, 3.8) is 0 Å². The zero-order chi connectivity index (χ0) is 13.7. The van der Waals surface area contributed by atoms with Crippen molar-refractivity contribution in [1.29, 1.82) is 0 Å². The monoisotopic (exact) mass is 278 g/mol. The van der Waals surface area contributed by atoms with Gasteiger partial charge in [-0.25, -0.2) is 4.57 Å². The normalized spacial score (nSPS) is 11.3. The average Bonchev–Trinajstić information content (AvgIpc) is 2.48. The van der Waals surface area contributed by atoms with Gasteiger partial charge < -0.3 is 4.52 Å². The molecule has 0 atom stereocenters. The number of para-hydroxylation sites is 1. The number of hydrogen-bond acceptors (Lipinski definition) is 4. The van der Waals surface area contributed by atoms with Crippen LogP contribution in [0.15, 0.2) is 54.6 Å². The quantitative estimate of drug-likeness (QED) is 0.771. The van der Waals surface area contributed by atoms with E-state index >= 15 is 0 Å². The Bertz CT molecular complexity index is 575. The lowest BCUT2D eigenvalue weighted by atomic mass is 10.1. The number of phosphoric acid groups is 1. The summed E-state index contributed by atoms with van der Waals surface area (Å²) in [5.41, 5.74) is 1.80. The first-order chi connectivity index (χ1) is 9.18. The van der Waals surface area contributed by atoms with Crippen molar-refractivity contribution >= 4 is 7.82 Å². The van der Waals surface area contributed by atoms with Crippen molar-refractivity contribution in [2.45, 2.75) is 0 Å². The van der Waals surface area contributed by atoms with E-state index in [0.717, 1.165) is 11.1 Å². The largest absolute Gasteiger partial charge is 0.529 e. The van der Waals surface area contributed by atoms with E-state index in [9.17, 15) is 4.57 Å². The highest BCUT2D eigenvalue weighted by molar-refractivity contribution is 7.48. The standard InChI is InChI=1S/C14H15O4P/c1-16-19(15,17-2)18-14-11-7-6-10-13(14)12-8-4-3-5-9-12/h3-11H,1-2H3. The van der Waals surface area contributed by atoms with E-state index in [0.29, 0.717) is 5.75 Å². The Morgan fingerprint density at radius 3 is 2.05 bits per heavy atom. The first-order valence-electron chi connectivity index (χ1n) is 5.74. The molecule has 0 amide bonds. The number of rotatable bonds is 5. The molecule has 2 aromatic carbocycles. The number of benzene rings is 2. The van der Waals surface area contributed by atoms with Crippen molar-refractivity contribution < 1.29 is 18.1 Å². The molecule has 0 aliphatic rings. The summed E-state index contributed by atoms with van der Waals surface area (Å²) < 4.78 is 27.0. The fraction of sp³-hybridized carbons (Fsp3) is 0.143. The zero-order valence-electron chi connectivity index (χ0n) is 10.8. The third-order valence-electron chi connectivity index (χ3n) is 2.63. The van der Waals surface area contributed by atoms with E-state index in [1.54, 1.807) is 12.1 Å². The lowest BCUT2D eigenvalue weighted by Crippen LogP contribution is -1.98. The lowest BCUT2D eigenvalue weighted by molar-refractivity contribution is 0.211. The minimum Gasteiger partial charge on any atom is -0.403 e. The molecular formula is C14H15O4P. The maximum atomic E-state index is 12.0. The minimum absolute atomic E-state index is 0.459. The maximum absolute atomic E-state index is 12.0. The fourth-order valence-electron chi connectivity index (χ4n) is 1.67. The van der Waals surface area contributed by atoms with Gasteiger partial charge in [0.25, 0.3) is 0 Å². The van der Waals surface area contributed by atoms with Crippen molar-refractivity contribution in [2.24, 2.45) is 0 Å². The van der Waals surface area contributed by atoms with Crippen LogP contribution in [0.25, 0.3) is 11.1 Å². The van der Waals surface area contributed by atoms with Crippen molar-refractivity contribution in [2.75, 3.05) is 14.2 Å². The van der Waals surface area contributed by atoms with Crippen LogP contribution in [0, 0.1) is 0 Å². The van der Waals surface area contributed by atoms with Gasteiger partial charge in [0.05, 0.1) is 0 Å². The topological polar surface area (TPSA) is 44.8 Å². The van der Waals surface area contributed by atoms with E-state index in [2.05, 4.69) is 0 Å². The molecule has 0 aliphatic carbocycles. The fourth-order valence-corrected chi connectivity index (χ4v) is 2.37. The highest BCUT2D eigenvalue weighted by atomic mass is 31.2. The van der Waals surface area contributed by atoms with Crippen molar-refractivity contribution in [3.8, 4) is 16.9 Å². The van der Waals surface area contributed by atoms with Gasteiger partial charge in [0.1, 0.15) is 5.75 Å². The first-order valence-corrected chi connectivity index (χ1v) is 7.20. The molecule has 0 unspecified atom stereocenters. The Kier molecular flexibility index (Phi) is 4.38. The highest BCUT2D eigenvalue weighted by Gasteiger charge is 2.25. The maximum Gasteiger partial charge on any atom is 0.529 e. The summed E-state index contributed by atoms with van der Waals surface area (Å²) >= 11 is 0. The number of hydrogen-bond donors (Lipinski definition) is 0. The van der Waals surface area contributed by atoms with Gasteiger partial charge in [-0.05, 0) is 11.6 Å². The van der Waals surface area contributed by atoms with Crippen LogP contribution >= 0.6 is 7.82 Å². The predicted octanol–water partition coefficient (Wildman–Crippen LogP) is 4.13. The van der Waals surface area contributed by atoms with Crippen LogP contribution in [-0.2, 0) is 13.6 Å². The molecule has 4 nitrogen and oxygen atoms in total. The molecule has 0 radical (unpaired) electrons. The third kappa shape index (κ3) is 3.24. The van der Waals surface area contributed by atoms with E-state index in [1.165, 1.54) is 14.2 Å². The van der Waals surface area contributed by atoms with Crippen LogP contribution in [-0.4, -0.2) is 14.2 Å². The molecule has 0 N–H and O–H groups in total. The molecule has 0 bridgehead atoms. The zero-order valence-corrected chi connectivity index (χ0v) is 11.7. The van der Waals surface area contributed by atoms with Crippen LogP contribution in [0.5, 0.6) is 5.75 Å². The van der Waals surface area contributed by atoms with Crippen LogP contribution in [0.2, 0.25) is 0 Å². The summed E-state index contributed by atoms with van der Waals surface area (Å²) in [6, 6.07) is 17.0. The summed E-state index contributed by atoms with van der Waals surface area (Å²) in [7, 11) is -0.976. The Morgan fingerprint density at radius 2 is 1.42 bits per heavy atom. The van der Waals surface area contributed by atoms with Gasteiger partial charge in [-0.2, -0.15) is 0 Å². The Hall–Kier alpha value is -1.61. The Morgan fingerprint density at radius 1 is 0.842 bits per heavy atom. The summed E-state index contributed by atoms with van der Waals surface area (Å²) in [6.07, 6.45) is 0. The SMILES string of the molecule is COP(=O)(OC)Oc1ccccc1-c1ccccc1. The van der Waals surface area contributed by atoms with Crippen LogP contribution in [0.1, 0.15) is 0 Å². The molecule has 100 valence electrons. The smallest absolute Gasteiger partial charge is 0.403 e. The molecule has 0 spiro atoms. The molecule has 0 saturated carbocycles. The number of phosphoric ester groups is 1. The van der Waals surface area contributed by atoms with Gasteiger partial charge in [0, 0.05) is 19.8 Å². The van der Waals surface area contributed by atoms with Gasteiger partial charge in [0.15, 0.2) is 0 Å². The molecule has 5 heteroatoms. The molecule has 0 aromatic heterocycles. The first kappa shape index (κ1) is 13.8. The van der Waals surface area contributed by atoms with E-state index in [1.807, 2.05) is 42.5 Å². The second-order valence-electron chi connectivity index (χ2n) is 3.77. The molecule has 0 aliphatic heterocycles. The van der Waals surface area contributed by atoms with Gasteiger partial charge >= 0.3 is 7.82 Å². The summed E-state index contributed by atoms with van der Waals surface area (Å²) in [6.45, 7) is 0. The molecular weight excluding hydrogens is 263 g/mol. The van der Waals surface area contributed by atoms with Crippen LogP contribution < -0.4 is 4.52 Å². The summed E-state index contributed by atoms with van der Waals surface area (Å²) in [5, 5.41) is 0. The molecule has 2 rings (SSSR count). The van der Waals surface area contributed by atoms with E-state index in [-0.39, 0.29) is 0 Å². The molecule has 0 fully saturated rings. The van der Waals surface area contributed by atoms with Crippen LogP contribution in [0.4, 0.5) is 0 Å². The molecule has 0 saturated heterocycles. The van der Waals surface area contributed by atoms with E-state index in [4.69, 9.17) is 13.6 Å².